The third-order valence-corrected chi connectivity index (χ3v) is 3.61. The van der Waals surface area contributed by atoms with E-state index in [4.69, 9.17) is 17.0 Å². The Labute approximate surface area is 142 Å². The van der Waals surface area contributed by atoms with Crippen molar-refractivity contribution in [3.05, 3.63) is 65.7 Å². The van der Waals surface area contributed by atoms with Crippen LogP contribution >= 0.6 is 12.2 Å². The second-order valence-electron chi connectivity index (χ2n) is 5.23. The molecule has 5 heteroatoms. The predicted octanol–water partition coefficient (Wildman–Crippen LogP) is 3.77. The summed E-state index contributed by atoms with van der Waals surface area (Å²) in [4.78, 5) is 0. The van der Waals surface area contributed by atoms with Crippen LogP contribution in [-0.4, -0.2) is 12.2 Å². The van der Waals surface area contributed by atoms with Crippen LogP contribution in [0.1, 0.15) is 16.7 Å². The van der Waals surface area contributed by atoms with Crippen molar-refractivity contribution in [2.75, 3.05) is 12.4 Å². The molecular formula is C18H21N3OS. The predicted molar refractivity (Wildman–Crippen MR) is 100 cm³/mol. The fourth-order valence-corrected chi connectivity index (χ4v) is 2.18. The summed E-state index contributed by atoms with van der Waals surface area (Å²) in [5, 5.41) is 3.65. The summed E-state index contributed by atoms with van der Waals surface area (Å²) in [5.74, 6) is 0.807. The Morgan fingerprint density at radius 3 is 2.39 bits per heavy atom. The Morgan fingerprint density at radius 2 is 1.74 bits per heavy atom. The van der Waals surface area contributed by atoms with Crippen molar-refractivity contribution >= 4 is 28.7 Å². The van der Waals surface area contributed by atoms with Gasteiger partial charge in [0, 0.05) is 5.69 Å². The fourth-order valence-electron chi connectivity index (χ4n) is 2.02. The van der Waals surface area contributed by atoms with Gasteiger partial charge in [0.1, 0.15) is 5.75 Å². The van der Waals surface area contributed by atoms with Crippen LogP contribution in [0.3, 0.4) is 0 Å². The first kappa shape index (κ1) is 16.8. The van der Waals surface area contributed by atoms with E-state index in [0.717, 1.165) is 28.3 Å². The van der Waals surface area contributed by atoms with Crippen LogP contribution in [0.25, 0.3) is 5.70 Å². The molecule has 2 aromatic carbocycles. The van der Waals surface area contributed by atoms with Gasteiger partial charge in [0.2, 0.25) is 0 Å². The maximum Gasteiger partial charge on any atom is 0.189 e. The molecule has 2 rings (SSSR count). The van der Waals surface area contributed by atoms with E-state index in [1.165, 1.54) is 5.56 Å². The molecule has 0 aliphatic carbocycles. The highest BCUT2D eigenvalue weighted by Crippen LogP contribution is 2.17. The van der Waals surface area contributed by atoms with Crippen molar-refractivity contribution in [1.82, 2.24) is 10.9 Å². The third kappa shape index (κ3) is 4.72. The standard InChI is InChI=1S/C18H21N3OS/c1-12-5-6-13(2)17(11-12)19-18(23)21-20-14(3)15-7-9-16(22-4)10-8-15/h5-11,20H,3H2,1-2,4H3,(H2,19,21,23). The van der Waals surface area contributed by atoms with E-state index in [1.807, 2.05) is 38.1 Å². The molecule has 0 unspecified atom stereocenters. The summed E-state index contributed by atoms with van der Waals surface area (Å²) in [6.45, 7) is 8.07. The van der Waals surface area contributed by atoms with Crippen LogP contribution in [0.5, 0.6) is 5.75 Å². The van der Waals surface area contributed by atoms with Gasteiger partial charge in [-0.3, -0.25) is 10.9 Å². The largest absolute Gasteiger partial charge is 0.497 e. The van der Waals surface area contributed by atoms with Gasteiger partial charge < -0.3 is 10.1 Å². The first-order valence-electron chi connectivity index (χ1n) is 7.23. The molecule has 0 aliphatic rings. The second kappa shape index (κ2) is 7.65. The normalized spacial score (nSPS) is 9.87. The van der Waals surface area contributed by atoms with Crippen molar-refractivity contribution in [3.63, 3.8) is 0 Å². The van der Waals surface area contributed by atoms with E-state index in [-0.39, 0.29) is 0 Å². The minimum absolute atomic E-state index is 0.480. The summed E-state index contributed by atoms with van der Waals surface area (Å²) < 4.78 is 5.14. The number of aryl methyl sites for hydroxylation is 2. The monoisotopic (exact) mass is 327 g/mol. The first-order valence-corrected chi connectivity index (χ1v) is 7.64. The molecule has 0 atom stereocenters. The van der Waals surface area contributed by atoms with Gasteiger partial charge in [0.15, 0.2) is 5.11 Å². The molecule has 0 aliphatic heterocycles. The van der Waals surface area contributed by atoms with E-state index in [9.17, 15) is 0 Å². The van der Waals surface area contributed by atoms with Crippen LogP contribution < -0.4 is 20.9 Å². The fraction of sp³-hybridized carbons (Fsp3) is 0.167. The number of thiocarbonyl (C=S) groups is 1. The lowest BCUT2D eigenvalue weighted by Gasteiger charge is -2.16. The Morgan fingerprint density at radius 1 is 1.04 bits per heavy atom. The number of hydrogen-bond donors (Lipinski definition) is 3. The van der Waals surface area contributed by atoms with Crippen LogP contribution in [0.4, 0.5) is 5.69 Å². The molecule has 0 radical (unpaired) electrons. The molecule has 0 fully saturated rings. The number of ether oxygens (including phenoxy) is 1. The summed E-state index contributed by atoms with van der Waals surface area (Å²) in [6, 6.07) is 13.8. The van der Waals surface area contributed by atoms with Gasteiger partial charge in [-0.15, -0.1) is 0 Å². The number of hydrogen-bond acceptors (Lipinski definition) is 3. The lowest BCUT2D eigenvalue weighted by molar-refractivity contribution is 0.415. The topological polar surface area (TPSA) is 45.3 Å². The van der Waals surface area contributed by atoms with Crippen LogP contribution in [0.15, 0.2) is 49.0 Å². The van der Waals surface area contributed by atoms with Gasteiger partial charge >= 0.3 is 0 Å². The molecule has 120 valence electrons. The van der Waals surface area contributed by atoms with Crippen LogP contribution in [-0.2, 0) is 0 Å². The number of nitrogens with one attached hydrogen (secondary N) is 3. The highest BCUT2D eigenvalue weighted by molar-refractivity contribution is 7.80. The van der Waals surface area contributed by atoms with Gasteiger partial charge in [-0.2, -0.15) is 0 Å². The van der Waals surface area contributed by atoms with Gasteiger partial charge in [-0.05, 0) is 73.1 Å². The minimum atomic E-state index is 0.480. The minimum Gasteiger partial charge on any atom is -0.497 e. The van der Waals surface area contributed by atoms with Gasteiger partial charge in [-0.1, -0.05) is 18.7 Å². The third-order valence-electron chi connectivity index (χ3n) is 3.41. The van der Waals surface area contributed by atoms with Crippen molar-refractivity contribution in [3.8, 4) is 5.75 Å². The molecular weight excluding hydrogens is 306 g/mol. The first-order chi connectivity index (χ1) is 11.0. The second-order valence-corrected chi connectivity index (χ2v) is 5.64. The zero-order chi connectivity index (χ0) is 16.8. The van der Waals surface area contributed by atoms with E-state index in [1.54, 1.807) is 7.11 Å². The molecule has 4 nitrogen and oxygen atoms in total. The molecule has 0 aromatic heterocycles. The summed E-state index contributed by atoms with van der Waals surface area (Å²) in [5.41, 5.74) is 10.9. The molecule has 0 amide bonds. The highest BCUT2D eigenvalue weighted by atomic mass is 32.1. The quantitative estimate of drug-likeness (QED) is 0.576. The lowest BCUT2D eigenvalue weighted by Crippen LogP contribution is -2.38. The molecule has 0 heterocycles. The number of anilines is 1. The Bertz CT molecular complexity index is 711. The maximum absolute atomic E-state index is 5.30. The van der Waals surface area contributed by atoms with Gasteiger partial charge in [0.25, 0.3) is 0 Å². The smallest absolute Gasteiger partial charge is 0.189 e. The molecule has 0 bridgehead atoms. The van der Waals surface area contributed by atoms with E-state index in [2.05, 4.69) is 40.9 Å². The Balaban J connectivity index is 1.90. The zero-order valence-corrected chi connectivity index (χ0v) is 14.4. The average Bonchev–Trinajstić information content (AvgIpc) is 2.56. The van der Waals surface area contributed by atoms with Crippen LogP contribution in [0, 0.1) is 13.8 Å². The van der Waals surface area contributed by atoms with Crippen molar-refractivity contribution in [1.29, 1.82) is 0 Å². The zero-order valence-electron chi connectivity index (χ0n) is 13.6. The lowest BCUT2D eigenvalue weighted by atomic mass is 10.1. The summed E-state index contributed by atoms with van der Waals surface area (Å²) in [6.07, 6.45) is 0. The Hall–Kier alpha value is -2.53. The molecule has 0 saturated heterocycles. The molecule has 0 spiro atoms. The highest BCUT2D eigenvalue weighted by Gasteiger charge is 2.03. The number of methoxy groups -OCH3 is 1. The van der Waals surface area contributed by atoms with Gasteiger partial charge in [-0.25, -0.2) is 0 Å². The van der Waals surface area contributed by atoms with Crippen LogP contribution in [0.2, 0.25) is 0 Å². The average molecular weight is 327 g/mol. The molecule has 23 heavy (non-hydrogen) atoms. The molecule has 3 N–H and O–H groups in total. The van der Waals surface area contributed by atoms with Crippen molar-refractivity contribution in [2.24, 2.45) is 0 Å². The summed E-state index contributed by atoms with van der Waals surface area (Å²) >= 11 is 5.30. The van der Waals surface area contributed by atoms with Gasteiger partial charge in [0.05, 0.1) is 12.8 Å². The molecule has 0 saturated carbocycles. The van der Waals surface area contributed by atoms with E-state index < -0.39 is 0 Å². The maximum atomic E-state index is 5.30. The van der Waals surface area contributed by atoms with Crippen molar-refractivity contribution < 1.29 is 4.74 Å². The SMILES string of the molecule is C=C(NNC(=S)Nc1cc(C)ccc1C)c1ccc(OC)cc1. The number of rotatable bonds is 5. The number of benzene rings is 2. The number of hydrazine groups is 1. The van der Waals surface area contributed by atoms with E-state index >= 15 is 0 Å². The van der Waals surface area contributed by atoms with E-state index in [0.29, 0.717) is 5.11 Å². The summed E-state index contributed by atoms with van der Waals surface area (Å²) in [7, 11) is 1.64. The molecule has 2 aromatic rings. The van der Waals surface area contributed by atoms with Crippen molar-refractivity contribution in [2.45, 2.75) is 13.8 Å². The Kier molecular flexibility index (Phi) is 5.60.